The van der Waals surface area contributed by atoms with E-state index < -0.39 is 35.7 Å². The minimum absolute atomic E-state index is 0.0363. The van der Waals surface area contributed by atoms with Gasteiger partial charge in [0, 0.05) is 23.5 Å². The van der Waals surface area contributed by atoms with Crippen molar-refractivity contribution in [3.63, 3.8) is 0 Å². The summed E-state index contributed by atoms with van der Waals surface area (Å²) in [6.07, 6.45) is -4.49. The number of rotatable bonds is 6. The second-order valence-electron chi connectivity index (χ2n) is 6.55. The largest absolute Gasteiger partial charge is 0.416 e. The number of carbonyl (C=O) groups is 2. The fourth-order valence-corrected chi connectivity index (χ4v) is 3.00. The molecule has 0 aliphatic carbocycles. The van der Waals surface area contributed by atoms with Gasteiger partial charge in [0.15, 0.2) is 6.10 Å². The Hall–Kier alpha value is -3.33. The summed E-state index contributed by atoms with van der Waals surface area (Å²) in [5.74, 6) is -1.74. The molecule has 6 nitrogen and oxygen atoms in total. The zero-order chi connectivity index (χ0) is 21.2. The van der Waals surface area contributed by atoms with Crippen LogP contribution >= 0.6 is 0 Å². The molecule has 0 saturated carbocycles. The van der Waals surface area contributed by atoms with Gasteiger partial charge in [0.05, 0.1) is 5.56 Å². The highest BCUT2D eigenvalue weighted by atomic mass is 19.4. The van der Waals surface area contributed by atoms with Crippen molar-refractivity contribution in [1.82, 2.24) is 10.3 Å². The maximum atomic E-state index is 12.6. The van der Waals surface area contributed by atoms with Crippen LogP contribution in [0.15, 0.2) is 54.7 Å². The summed E-state index contributed by atoms with van der Waals surface area (Å²) in [6, 6.07) is 9.81. The summed E-state index contributed by atoms with van der Waals surface area (Å²) in [6.45, 7) is 0. The number of aromatic amines is 1. The van der Waals surface area contributed by atoms with Gasteiger partial charge >= 0.3 is 6.18 Å². The third-order valence-electron chi connectivity index (χ3n) is 4.56. The number of hydrogen-bond acceptors (Lipinski definition) is 3. The van der Waals surface area contributed by atoms with Gasteiger partial charge in [-0.2, -0.15) is 13.2 Å². The maximum Gasteiger partial charge on any atom is 0.416 e. The van der Waals surface area contributed by atoms with E-state index in [0.717, 1.165) is 40.7 Å². The van der Waals surface area contributed by atoms with E-state index in [1.54, 1.807) is 6.20 Å². The number of nitrogens with two attached hydrogens (primary N) is 1. The molecule has 2 amide bonds. The molecule has 3 rings (SSSR count). The number of halogens is 3. The van der Waals surface area contributed by atoms with Gasteiger partial charge in [-0.25, -0.2) is 0 Å². The summed E-state index contributed by atoms with van der Waals surface area (Å²) in [4.78, 5) is 27.2. The number of nitrogens with one attached hydrogen (secondary N) is 2. The molecule has 0 aliphatic rings. The highest BCUT2D eigenvalue weighted by Crippen LogP contribution is 2.30. The number of H-pyrrole nitrogens is 1. The number of alkyl halides is 3. The molecular formula is C20H18F3N3O3. The van der Waals surface area contributed by atoms with Crippen LogP contribution in [0.3, 0.4) is 0 Å². The number of aliphatic hydroxyl groups excluding tert-OH is 1. The van der Waals surface area contributed by atoms with Crippen molar-refractivity contribution < 1.29 is 27.9 Å². The van der Waals surface area contributed by atoms with E-state index in [0.29, 0.717) is 0 Å². The average molecular weight is 405 g/mol. The summed E-state index contributed by atoms with van der Waals surface area (Å²) < 4.78 is 37.9. The third-order valence-corrected chi connectivity index (χ3v) is 4.56. The lowest BCUT2D eigenvalue weighted by atomic mass is 10.0. The molecule has 2 aromatic carbocycles. The van der Waals surface area contributed by atoms with Crippen molar-refractivity contribution in [3.05, 3.63) is 71.4 Å². The van der Waals surface area contributed by atoms with Crippen LogP contribution in [0, 0.1) is 0 Å². The highest BCUT2D eigenvalue weighted by Gasteiger charge is 2.31. The van der Waals surface area contributed by atoms with E-state index >= 15 is 0 Å². The molecule has 9 heteroatoms. The van der Waals surface area contributed by atoms with Crippen molar-refractivity contribution in [3.8, 4) is 0 Å². The van der Waals surface area contributed by atoms with Crippen LogP contribution in [0.4, 0.5) is 13.2 Å². The Morgan fingerprint density at radius 3 is 2.38 bits per heavy atom. The first-order valence-electron chi connectivity index (χ1n) is 8.66. The predicted octanol–water partition coefficient (Wildman–Crippen LogP) is 2.43. The molecule has 29 heavy (non-hydrogen) atoms. The van der Waals surface area contributed by atoms with Gasteiger partial charge in [-0.15, -0.1) is 0 Å². The molecule has 1 heterocycles. The Morgan fingerprint density at radius 2 is 1.76 bits per heavy atom. The number of primary amides is 1. The first kappa shape index (κ1) is 20.4. The van der Waals surface area contributed by atoms with Gasteiger partial charge in [-0.05, 0) is 29.3 Å². The van der Waals surface area contributed by atoms with Crippen molar-refractivity contribution in [2.45, 2.75) is 24.7 Å². The number of fused-ring (bicyclic) bond motifs is 1. The Labute approximate surface area is 163 Å². The smallest absolute Gasteiger partial charge is 0.378 e. The molecule has 5 N–H and O–H groups in total. The van der Waals surface area contributed by atoms with Crippen molar-refractivity contribution in [2.24, 2.45) is 5.73 Å². The predicted molar refractivity (Wildman–Crippen MR) is 99.5 cm³/mol. The molecule has 0 unspecified atom stereocenters. The van der Waals surface area contributed by atoms with Gasteiger partial charge in [-0.1, -0.05) is 30.3 Å². The molecular weight excluding hydrogens is 387 g/mol. The molecule has 152 valence electrons. The SMILES string of the molecule is NC(=O)[C@@H](Cc1c[nH]c2ccccc12)NC(=O)[C@@H](O)c1ccc(C(F)(F)F)cc1. The monoisotopic (exact) mass is 405 g/mol. The van der Waals surface area contributed by atoms with Gasteiger partial charge in [-0.3, -0.25) is 9.59 Å². The Bertz CT molecular complexity index is 1030. The van der Waals surface area contributed by atoms with Crippen molar-refractivity contribution in [1.29, 1.82) is 0 Å². The van der Waals surface area contributed by atoms with Crippen LogP contribution in [0.2, 0.25) is 0 Å². The van der Waals surface area contributed by atoms with Crippen molar-refractivity contribution >= 4 is 22.7 Å². The second kappa shape index (κ2) is 7.96. The van der Waals surface area contributed by atoms with Crippen molar-refractivity contribution in [2.75, 3.05) is 0 Å². The fourth-order valence-electron chi connectivity index (χ4n) is 3.00. The highest BCUT2D eigenvalue weighted by molar-refractivity contribution is 5.90. The topological polar surface area (TPSA) is 108 Å². The number of hydrogen-bond donors (Lipinski definition) is 4. The van der Waals surface area contributed by atoms with Crippen LogP contribution in [0.1, 0.15) is 22.8 Å². The molecule has 3 aromatic rings. The normalized spacial score (nSPS) is 13.8. The van der Waals surface area contributed by atoms with Gasteiger partial charge in [0.2, 0.25) is 5.91 Å². The molecule has 0 aliphatic heterocycles. The van der Waals surface area contributed by atoms with E-state index in [1.807, 2.05) is 24.3 Å². The molecule has 0 fully saturated rings. The van der Waals surface area contributed by atoms with Crippen LogP contribution in [0.5, 0.6) is 0 Å². The summed E-state index contributed by atoms with van der Waals surface area (Å²) in [7, 11) is 0. The van der Waals surface area contributed by atoms with E-state index in [9.17, 15) is 27.9 Å². The summed E-state index contributed by atoms with van der Waals surface area (Å²) in [5, 5.41) is 13.4. The Balaban J connectivity index is 1.73. The molecule has 0 spiro atoms. The first-order valence-corrected chi connectivity index (χ1v) is 8.66. The molecule has 0 saturated heterocycles. The van der Waals surface area contributed by atoms with Gasteiger partial charge in [0.25, 0.3) is 5.91 Å². The van der Waals surface area contributed by atoms with Crippen LogP contribution in [-0.4, -0.2) is 27.9 Å². The minimum Gasteiger partial charge on any atom is -0.378 e. The molecule has 0 radical (unpaired) electrons. The third kappa shape index (κ3) is 4.57. The minimum atomic E-state index is -4.53. The second-order valence-corrected chi connectivity index (χ2v) is 6.55. The molecule has 1 aromatic heterocycles. The number of aromatic nitrogens is 1. The van der Waals surface area contributed by atoms with E-state index in [-0.39, 0.29) is 12.0 Å². The fraction of sp³-hybridized carbons (Fsp3) is 0.200. The molecule has 0 bridgehead atoms. The standard InChI is InChI=1S/C20H18F3N3O3/c21-20(22,23)13-7-5-11(6-8-13)17(27)19(29)26-16(18(24)28)9-12-10-25-15-4-2-1-3-14(12)15/h1-8,10,16-17,25,27H,9H2,(H2,24,28)(H,26,29)/t16-,17+/m1/s1. The number of benzene rings is 2. The lowest BCUT2D eigenvalue weighted by molar-refractivity contribution is -0.137. The Kier molecular flexibility index (Phi) is 5.60. The van der Waals surface area contributed by atoms with E-state index in [4.69, 9.17) is 5.73 Å². The number of para-hydroxylation sites is 1. The quantitative estimate of drug-likeness (QED) is 0.506. The molecule has 2 atom stereocenters. The summed E-state index contributed by atoms with van der Waals surface area (Å²) >= 11 is 0. The first-order chi connectivity index (χ1) is 13.7. The van der Waals surface area contributed by atoms with E-state index in [1.165, 1.54) is 0 Å². The zero-order valence-electron chi connectivity index (χ0n) is 15.0. The lowest BCUT2D eigenvalue weighted by Crippen LogP contribution is -2.47. The summed E-state index contributed by atoms with van der Waals surface area (Å²) in [5.41, 5.74) is 6.04. The van der Waals surface area contributed by atoms with Crippen LogP contribution in [-0.2, 0) is 22.2 Å². The number of aliphatic hydroxyl groups is 1. The van der Waals surface area contributed by atoms with Gasteiger partial charge in [0.1, 0.15) is 6.04 Å². The number of carbonyl (C=O) groups excluding carboxylic acids is 2. The lowest BCUT2D eigenvalue weighted by Gasteiger charge is -2.18. The van der Waals surface area contributed by atoms with Crippen LogP contribution in [0.25, 0.3) is 10.9 Å². The maximum absolute atomic E-state index is 12.6. The Morgan fingerprint density at radius 1 is 1.10 bits per heavy atom. The van der Waals surface area contributed by atoms with Crippen LogP contribution < -0.4 is 11.1 Å². The van der Waals surface area contributed by atoms with E-state index in [2.05, 4.69) is 10.3 Å². The van der Waals surface area contributed by atoms with Gasteiger partial charge < -0.3 is 21.1 Å². The average Bonchev–Trinajstić information content (AvgIpc) is 3.09. The zero-order valence-corrected chi connectivity index (χ0v) is 15.0. The number of amides is 2.